The molecule has 2 aromatic rings. The van der Waals surface area contributed by atoms with Crippen molar-refractivity contribution in [3.05, 3.63) is 36.3 Å². The highest BCUT2D eigenvalue weighted by molar-refractivity contribution is 8.00. The molecule has 2 fully saturated rings. The van der Waals surface area contributed by atoms with Crippen molar-refractivity contribution in [3.8, 4) is 11.3 Å². The molecule has 144 valence electrons. The van der Waals surface area contributed by atoms with Crippen LogP contribution >= 0.6 is 11.8 Å². The third-order valence-corrected chi connectivity index (χ3v) is 7.17. The molecule has 0 radical (unpaired) electrons. The number of hydrogen-bond acceptors (Lipinski definition) is 3. The smallest absolute Gasteiger partial charge is 0.233 e. The molecule has 6 heteroatoms. The number of carbonyl (C=O) groups excluding carboxylic acids is 1. The minimum Gasteiger partial charge on any atom is -0.352 e. The number of nitrogens with zero attached hydrogens (tertiary/aromatic N) is 1. The fourth-order valence-electron chi connectivity index (χ4n) is 4.72. The molecule has 0 aliphatic heterocycles. The first-order chi connectivity index (χ1) is 13.0. The highest BCUT2D eigenvalue weighted by atomic mass is 32.2. The summed E-state index contributed by atoms with van der Waals surface area (Å²) in [7, 11) is 0. The monoisotopic (exact) mass is 387 g/mol. The van der Waals surface area contributed by atoms with Crippen molar-refractivity contribution in [1.29, 1.82) is 0 Å². The lowest BCUT2D eigenvalue weighted by atomic mass is 9.84. The van der Waals surface area contributed by atoms with E-state index in [9.17, 15) is 9.18 Å². The summed E-state index contributed by atoms with van der Waals surface area (Å²) >= 11 is 1.42. The molecule has 2 saturated carbocycles. The average Bonchev–Trinajstić information content (AvgIpc) is 3.39. The standard InChI is InChI=1S/C21H26FN3OS/c1-12(18-10-14-3-4-16(18)9-14)24-20(26)13(2)27-21-23-11-19(25-21)15-5-7-17(22)8-6-15/h5-8,11-14,16,18H,3-4,9-10H2,1-2H3,(H,23,25)(H,24,26). The van der Waals surface area contributed by atoms with Crippen LogP contribution in [0.15, 0.2) is 35.6 Å². The Morgan fingerprint density at radius 2 is 2.04 bits per heavy atom. The highest BCUT2D eigenvalue weighted by Gasteiger charge is 2.42. The summed E-state index contributed by atoms with van der Waals surface area (Å²) in [5, 5.41) is 3.70. The molecule has 5 unspecified atom stereocenters. The maximum absolute atomic E-state index is 13.1. The van der Waals surface area contributed by atoms with Crippen LogP contribution in [0.4, 0.5) is 4.39 Å². The van der Waals surface area contributed by atoms with Gasteiger partial charge >= 0.3 is 0 Å². The van der Waals surface area contributed by atoms with E-state index in [1.165, 1.54) is 49.6 Å². The Labute approximate surface area is 163 Å². The number of aromatic nitrogens is 2. The number of imidazole rings is 1. The number of benzene rings is 1. The maximum Gasteiger partial charge on any atom is 0.233 e. The van der Waals surface area contributed by atoms with Gasteiger partial charge in [0.25, 0.3) is 0 Å². The lowest BCUT2D eigenvalue weighted by molar-refractivity contribution is -0.121. The van der Waals surface area contributed by atoms with Gasteiger partial charge in [0.1, 0.15) is 5.82 Å². The Morgan fingerprint density at radius 3 is 2.70 bits per heavy atom. The molecule has 5 atom stereocenters. The zero-order valence-corrected chi connectivity index (χ0v) is 16.6. The first-order valence-electron chi connectivity index (χ1n) is 9.77. The quantitative estimate of drug-likeness (QED) is 0.710. The van der Waals surface area contributed by atoms with Crippen LogP contribution in [0.5, 0.6) is 0 Å². The number of aromatic amines is 1. The predicted molar refractivity (Wildman–Crippen MR) is 106 cm³/mol. The van der Waals surface area contributed by atoms with Crippen LogP contribution in [-0.2, 0) is 4.79 Å². The van der Waals surface area contributed by atoms with Crippen LogP contribution < -0.4 is 5.32 Å². The third-order valence-electron chi connectivity index (χ3n) is 6.17. The van der Waals surface area contributed by atoms with Crippen molar-refractivity contribution in [2.75, 3.05) is 0 Å². The molecular weight excluding hydrogens is 361 g/mol. The molecule has 0 spiro atoms. The molecule has 2 aliphatic rings. The summed E-state index contributed by atoms with van der Waals surface area (Å²) < 4.78 is 13.1. The van der Waals surface area contributed by atoms with Gasteiger partial charge in [0.05, 0.1) is 17.1 Å². The van der Waals surface area contributed by atoms with Gasteiger partial charge < -0.3 is 10.3 Å². The largest absolute Gasteiger partial charge is 0.352 e. The number of carbonyl (C=O) groups is 1. The van der Waals surface area contributed by atoms with Crippen molar-refractivity contribution >= 4 is 17.7 Å². The molecule has 0 saturated heterocycles. The molecule has 1 aromatic heterocycles. The van der Waals surface area contributed by atoms with E-state index >= 15 is 0 Å². The Morgan fingerprint density at radius 1 is 1.26 bits per heavy atom. The van der Waals surface area contributed by atoms with E-state index in [4.69, 9.17) is 0 Å². The van der Waals surface area contributed by atoms with Gasteiger partial charge in [0.2, 0.25) is 5.91 Å². The van der Waals surface area contributed by atoms with Crippen LogP contribution in [0.3, 0.4) is 0 Å². The molecule has 2 N–H and O–H groups in total. The van der Waals surface area contributed by atoms with Crippen molar-refractivity contribution in [1.82, 2.24) is 15.3 Å². The second-order valence-corrected chi connectivity index (χ2v) is 9.33. The summed E-state index contributed by atoms with van der Waals surface area (Å²) in [5.41, 5.74) is 1.69. The van der Waals surface area contributed by atoms with Crippen LogP contribution in [0.1, 0.15) is 39.5 Å². The van der Waals surface area contributed by atoms with Crippen LogP contribution in [0.25, 0.3) is 11.3 Å². The Balaban J connectivity index is 1.32. The van der Waals surface area contributed by atoms with Crippen LogP contribution in [0.2, 0.25) is 0 Å². The summed E-state index contributed by atoms with van der Waals surface area (Å²) in [4.78, 5) is 20.2. The number of amides is 1. The molecule has 1 heterocycles. The molecule has 2 bridgehead atoms. The fourth-order valence-corrected chi connectivity index (χ4v) is 5.51. The molecule has 1 aromatic carbocycles. The van der Waals surface area contributed by atoms with E-state index in [2.05, 4.69) is 22.2 Å². The minimum absolute atomic E-state index is 0.0648. The predicted octanol–water partition coefficient (Wildman–Crippen LogP) is 4.64. The number of nitrogens with one attached hydrogen (secondary N) is 2. The molecule has 4 nitrogen and oxygen atoms in total. The maximum atomic E-state index is 13.1. The number of H-pyrrole nitrogens is 1. The third kappa shape index (κ3) is 4.05. The van der Waals surface area contributed by atoms with E-state index in [0.717, 1.165) is 23.1 Å². The number of thioether (sulfide) groups is 1. The number of fused-ring (bicyclic) bond motifs is 2. The second-order valence-electron chi connectivity index (χ2n) is 8.00. The van der Waals surface area contributed by atoms with E-state index in [-0.39, 0.29) is 23.0 Å². The topological polar surface area (TPSA) is 57.8 Å². The molecular formula is C21H26FN3OS. The van der Waals surface area contributed by atoms with E-state index in [1.54, 1.807) is 18.3 Å². The summed E-state index contributed by atoms with van der Waals surface area (Å²) in [6.07, 6.45) is 7.06. The van der Waals surface area contributed by atoms with Crippen molar-refractivity contribution < 1.29 is 9.18 Å². The van der Waals surface area contributed by atoms with E-state index in [1.807, 2.05) is 6.92 Å². The zero-order valence-electron chi connectivity index (χ0n) is 15.7. The molecule has 4 rings (SSSR count). The van der Waals surface area contributed by atoms with Crippen LogP contribution in [-0.4, -0.2) is 27.2 Å². The zero-order chi connectivity index (χ0) is 19.0. The lowest BCUT2D eigenvalue weighted by Crippen LogP contribution is -2.43. The number of hydrogen-bond donors (Lipinski definition) is 2. The second kappa shape index (κ2) is 7.66. The van der Waals surface area contributed by atoms with Gasteiger partial charge in [-0.25, -0.2) is 9.37 Å². The Bertz CT molecular complexity index is 806. The van der Waals surface area contributed by atoms with Gasteiger partial charge in [-0.15, -0.1) is 0 Å². The van der Waals surface area contributed by atoms with Gasteiger partial charge in [-0.1, -0.05) is 18.2 Å². The van der Waals surface area contributed by atoms with Gasteiger partial charge in [-0.2, -0.15) is 0 Å². The van der Waals surface area contributed by atoms with Gasteiger partial charge in [0.15, 0.2) is 5.16 Å². The molecule has 27 heavy (non-hydrogen) atoms. The van der Waals surface area contributed by atoms with E-state index < -0.39 is 0 Å². The summed E-state index contributed by atoms with van der Waals surface area (Å²) in [6.45, 7) is 4.06. The first kappa shape index (κ1) is 18.5. The summed E-state index contributed by atoms with van der Waals surface area (Å²) in [5.74, 6) is 2.13. The average molecular weight is 388 g/mol. The van der Waals surface area contributed by atoms with Crippen molar-refractivity contribution in [2.24, 2.45) is 17.8 Å². The fraction of sp³-hybridized carbons (Fsp3) is 0.524. The molecule has 2 aliphatic carbocycles. The van der Waals surface area contributed by atoms with Crippen molar-refractivity contribution in [2.45, 2.75) is 56.0 Å². The minimum atomic E-state index is -0.261. The van der Waals surface area contributed by atoms with Crippen molar-refractivity contribution in [3.63, 3.8) is 0 Å². The normalized spacial score (nSPS) is 26.1. The summed E-state index contributed by atoms with van der Waals surface area (Å²) in [6, 6.07) is 6.52. The highest BCUT2D eigenvalue weighted by Crippen LogP contribution is 2.49. The van der Waals surface area contributed by atoms with Gasteiger partial charge in [-0.3, -0.25) is 4.79 Å². The van der Waals surface area contributed by atoms with Gasteiger partial charge in [0, 0.05) is 6.04 Å². The SMILES string of the molecule is CC(Sc1ncc(-c2ccc(F)cc2)[nH]1)C(=O)NC(C)C1CC2CCC1C2. The van der Waals surface area contributed by atoms with E-state index in [0.29, 0.717) is 11.1 Å². The Kier molecular flexibility index (Phi) is 5.26. The van der Waals surface area contributed by atoms with Gasteiger partial charge in [-0.05, 0) is 80.7 Å². The number of rotatable bonds is 6. The number of halogens is 1. The molecule has 1 amide bonds. The van der Waals surface area contributed by atoms with Crippen LogP contribution in [0, 0.1) is 23.6 Å². The lowest BCUT2D eigenvalue weighted by Gasteiger charge is -2.29. The Hall–Kier alpha value is -1.82. The first-order valence-corrected chi connectivity index (χ1v) is 10.7.